The third kappa shape index (κ3) is 47.8. The normalized spacial score (nSPS) is 13.6. The van der Waals surface area contributed by atoms with E-state index in [4.69, 9.17) is 0 Å². The van der Waals surface area contributed by atoms with Gasteiger partial charge in [0.15, 0.2) is 0 Å². The first-order valence-corrected chi connectivity index (χ1v) is 32.8. The Balaban J connectivity index is 6.03. The van der Waals surface area contributed by atoms with Crippen LogP contribution in [0, 0.1) is 23.7 Å². The Kier molecular flexibility index (Phi) is 56.9. The van der Waals surface area contributed by atoms with E-state index < -0.39 is 5.97 Å². The smallest absolute Gasteiger partial charge is 0.306 e. The number of aliphatic carboxylic acids is 1. The van der Waals surface area contributed by atoms with Crippen LogP contribution in [-0.2, 0) is 4.79 Å². The Morgan fingerprint density at radius 1 is 0.265 bits per heavy atom. The number of unbranched alkanes of at least 4 members (excludes halogenated alkanes) is 45. The van der Waals surface area contributed by atoms with Gasteiger partial charge in [-0.2, -0.15) is 0 Å². The zero-order valence-electron chi connectivity index (χ0n) is 48.3. The summed E-state index contributed by atoms with van der Waals surface area (Å²) in [5.74, 6) is 1.14. The zero-order chi connectivity index (χ0) is 49.5. The number of carboxylic acid groups (broad SMARTS) is 1. The molecule has 68 heavy (non-hydrogen) atoms. The van der Waals surface area contributed by atoms with Crippen LogP contribution in [0.3, 0.4) is 0 Å². The van der Waals surface area contributed by atoms with E-state index in [0.717, 1.165) is 25.2 Å². The van der Waals surface area contributed by atoms with Gasteiger partial charge in [0, 0.05) is 0 Å². The Labute approximate surface area is 431 Å². The molecule has 0 aliphatic carbocycles. The molecule has 408 valence electrons. The van der Waals surface area contributed by atoms with Gasteiger partial charge >= 0.3 is 5.97 Å². The van der Waals surface area contributed by atoms with Gasteiger partial charge in [0.2, 0.25) is 0 Å². The van der Waals surface area contributed by atoms with E-state index in [-0.39, 0.29) is 5.92 Å². The molecule has 0 radical (unpaired) electrons. The van der Waals surface area contributed by atoms with E-state index in [2.05, 4.69) is 34.6 Å². The number of rotatable bonds is 60. The van der Waals surface area contributed by atoms with Crippen molar-refractivity contribution in [1.29, 1.82) is 0 Å². The molecule has 0 amide bonds. The second kappa shape index (κ2) is 57.4. The minimum absolute atomic E-state index is 0.147. The van der Waals surface area contributed by atoms with E-state index in [1.165, 1.54) is 340 Å². The van der Waals surface area contributed by atoms with Gasteiger partial charge in [0.25, 0.3) is 0 Å². The Hall–Kier alpha value is -0.530. The van der Waals surface area contributed by atoms with Crippen molar-refractivity contribution in [3.05, 3.63) is 0 Å². The van der Waals surface area contributed by atoms with Crippen molar-refractivity contribution in [2.24, 2.45) is 23.7 Å². The minimum atomic E-state index is -0.452. The predicted octanol–water partition coefficient (Wildman–Crippen LogP) is 24.5. The standard InChI is InChI=1S/C66H132O2/c1-6-11-16-21-26-31-35-38-43-48-53-58-63(61-62(56-51-46-41-30-25-20-15-10-5)57-52-47-42-37-33-28-23-18-13-8-3)64(59-54-49-44-40-36-32-27-22-17-12-7-2)65(66(67)68)60-55-50-45-39-34-29-24-19-14-9-4/h62-65H,6-61H2,1-5H3,(H,67,68). The van der Waals surface area contributed by atoms with Gasteiger partial charge in [-0.15, -0.1) is 0 Å². The molecule has 0 saturated carbocycles. The van der Waals surface area contributed by atoms with Crippen molar-refractivity contribution in [2.45, 2.75) is 394 Å². The maximum atomic E-state index is 13.6. The molecule has 0 aromatic rings. The Morgan fingerprint density at radius 2 is 0.471 bits per heavy atom. The molecule has 0 aliphatic heterocycles. The fourth-order valence-corrected chi connectivity index (χ4v) is 12.1. The lowest BCUT2D eigenvalue weighted by Crippen LogP contribution is -2.31. The summed E-state index contributed by atoms with van der Waals surface area (Å²) in [6.45, 7) is 11.6. The van der Waals surface area contributed by atoms with E-state index in [9.17, 15) is 9.90 Å². The predicted molar refractivity (Wildman–Crippen MR) is 309 cm³/mol. The Bertz CT molecular complexity index is 928. The first kappa shape index (κ1) is 67.5. The topological polar surface area (TPSA) is 37.3 Å². The van der Waals surface area contributed by atoms with Crippen molar-refractivity contribution in [2.75, 3.05) is 0 Å². The molecular weight excluding hydrogens is 825 g/mol. The lowest BCUT2D eigenvalue weighted by molar-refractivity contribution is -0.145. The lowest BCUT2D eigenvalue weighted by Gasteiger charge is -2.35. The second-order valence-corrected chi connectivity index (χ2v) is 23.3. The zero-order valence-corrected chi connectivity index (χ0v) is 48.3. The summed E-state index contributed by atoms with van der Waals surface area (Å²) in [4.78, 5) is 13.6. The molecule has 2 heteroatoms. The number of hydrogen-bond donors (Lipinski definition) is 1. The maximum absolute atomic E-state index is 13.6. The summed E-state index contributed by atoms with van der Waals surface area (Å²) in [5, 5.41) is 11.2. The maximum Gasteiger partial charge on any atom is 0.306 e. The molecule has 2 nitrogen and oxygen atoms in total. The van der Waals surface area contributed by atoms with Crippen LogP contribution in [0.25, 0.3) is 0 Å². The van der Waals surface area contributed by atoms with E-state index in [1.807, 2.05) is 0 Å². The number of hydrogen-bond acceptors (Lipinski definition) is 1. The molecule has 1 N–H and O–H groups in total. The van der Waals surface area contributed by atoms with Crippen LogP contribution in [0.4, 0.5) is 0 Å². The van der Waals surface area contributed by atoms with Crippen LogP contribution in [0.15, 0.2) is 0 Å². The molecule has 0 aromatic heterocycles. The summed E-state index contributed by atoms with van der Waals surface area (Å²) >= 11 is 0. The van der Waals surface area contributed by atoms with Gasteiger partial charge in [-0.3, -0.25) is 4.79 Å². The summed E-state index contributed by atoms with van der Waals surface area (Å²) in [7, 11) is 0. The average Bonchev–Trinajstić information content (AvgIpc) is 3.34. The third-order valence-electron chi connectivity index (χ3n) is 16.7. The summed E-state index contributed by atoms with van der Waals surface area (Å²) in [6, 6.07) is 0. The summed E-state index contributed by atoms with van der Waals surface area (Å²) in [6.07, 6.45) is 76.5. The summed E-state index contributed by atoms with van der Waals surface area (Å²) in [5.41, 5.74) is 0. The van der Waals surface area contributed by atoms with Crippen LogP contribution < -0.4 is 0 Å². The van der Waals surface area contributed by atoms with Crippen molar-refractivity contribution in [3.8, 4) is 0 Å². The highest BCUT2D eigenvalue weighted by Crippen LogP contribution is 2.40. The highest BCUT2D eigenvalue weighted by Gasteiger charge is 2.34. The first-order chi connectivity index (χ1) is 33.5. The monoisotopic (exact) mass is 957 g/mol. The highest BCUT2D eigenvalue weighted by atomic mass is 16.4. The Morgan fingerprint density at radius 3 is 0.721 bits per heavy atom. The molecule has 0 saturated heterocycles. The molecule has 0 bridgehead atoms. The molecule has 0 rings (SSSR count). The third-order valence-corrected chi connectivity index (χ3v) is 16.7. The highest BCUT2D eigenvalue weighted by molar-refractivity contribution is 5.70. The number of carboxylic acids is 1. The van der Waals surface area contributed by atoms with Crippen LogP contribution in [0.1, 0.15) is 394 Å². The second-order valence-electron chi connectivity index (χ2n) is 23.3. The van der Waals surface area contributed by atoms with Crippen LogP contribution in [0.5, 0.6) is 0 Å². The van der Waals surface area contributed by atoms with Crippen LogP contribution in [0.2, 0.25) is 0 Å². The van der Waals surface area contributed by atoms with Crippen molar-refractivity contribution >= 4 is 5.97 Å². The molecule has 4 atom stereocenters. The van der Waals surface area contributed by atoms with E-state index >= 15 is 0 Å². The van der Waals surface area contributed by atoms with Gasteiger partial charge in [-0.25, -0.2) is 0 Å². The molecule has 0 heterocycles. The number of carbonyl (C=O) groups is 1. The minimum Gasteiger partial charge on any atom is -0.481 e. The average molecular weight is 958 g/mol. The fraction of sp³-hybridized carbons (Fsp3) is 0.985. The molecular formula is C66H132O2. The molecule has 0 aromatic carbocycles. The van der Waals surface area contributed by atoms with Crippen molar-refractivity contribution in [3.63, 3.8) is 0 Å². The van der Waals surface area contributed by atoms with Crippen LogP contribution >= 0.6 is 0 Å². The molecule has 0 spiro atoms. The fourth-order valence-electron chi connectivity index (χ4n) is 12.1. The van der Waals surface area contributed by atoms with E-state index in [0.29, 0.717) is 11.8 Å². The van der Waals surface area contributed by atoms with Gasteiger partial charge in [-0.1, -0.05) is 375 Å². The van der Waals surface area contributed by atoms with Crippen molar-refractivity contribution in [1.82, 2.24) is 0 Å². The SMILES string of the molecule is CCCCCCCCCCCCCC(CC(CCCCCCCCCC)CCCCCCCCCCCC)C(CCCCCCCCCCCCC)C(CCCCCCCCCCCC)C(=O)O. The van der Waals surface area contributed by atoms with Gasteiger partial charge < -0.3 is 5.11 Å². The van der Waals surface area contributed by atoms with E-state index in [1.54, 1.807) is 0 Å². The quantitative estimate of drug-likeness (QED) is 0.0617. The van der Waals surface area contributed by atoms with Gasteiger partial charge in [-0.05, 0) is 37.0 Å². The molecule has 0 fully saturated rings. The van der Waals surface area contributed by atoms with Crippen LogP contribution in [-0.4, -0.2) is 11.1 Å². The lowest BCUT2D eigenvalue weighted by atomic mass is 9.70. The summed E-state index contributed by atoms with van der Waals surface area (Å²) < 4.78 is 0. The van der Waals surface area contributed by atoms with Crippen molar-refractivity contribution < 1.29 is 9.90 Å². The largest absolute Gasteiger partial charge is 0.481 e. The van der Waals surface area contributed by atoms with Gasteiger partial charge in [0.05, 0.1) is 5.92 Å². The van der Waals surface area contributed by atoms with Gasteiger partial charge in [0.1, 0.15) is 0 Å². The first-order valence-electron chi connectivity index (χ1n) is 32.8. The molecule has 0 aliphatic rings. The molecule has 4 unspecified atom stereocenters.